The first-order valence-corrected chi connectivity index (χ1v) is 8.21. The smallest absolute Gasteiger partial charge is 0.0317 e. The Labute approximate surface area is 124 Å². The van der Waals surface area contributed by atoms with Crippen molar-refractivity contribution in [2.45, 2.75) is 46.1 Å². The molecule has 0 amide bonds. The second kappa shape index (κ2) is 7.80. The minimum Gasteiger partial charge on any atom is -0.310 e. The van der Waals surface area contributed by atoms with E-state index in [1.54, 1.807) is 0 Å². The van der Waals surface area contributed by atoms with E-state index in [1.165, 1.54) is 43.6 Å². The Morgan fingerprint density at radius 1 is 1.15 bits per heavy atom. The predicted octanol–water partition coefficient (Wildman–Crippen LogP) is 3.77. The average molecular weight is 274 g/mol. The van der Waals surface area contributed by atoms with Gasteiger partial charge in [-0.1, -0.05) is 43.7 Å². The molecular weight excluding hydrogens is 244 g/mol. The van der Waals surface area contributed by atoms with Crippen LogP contribution in [0.25, 0.3) is 0 Å². The fourth-order valence-corrected chi connectivity index (χ4v) is 3.11. The third-order valence-corrected chi connectivity index (χ3v) is 4.37. The molecule has 20 heavy (non-hydrogen) atoms. The van der Waals surface area contributed by atoms with E-state index >= 15 is 0 Å². The summed E-state index contributed by atoms with van der Waals surface area (Å²) >= 11 is 0. The maximum atomic E-state index is 3.75. The third-order valence-electron chi connectivity index (χ3n) is 4.37. The van der Waals surface area contributed by atoms with Gasteiger partial charge in [0, 0.05) is 12.6 Å². The number of nitrogens with one attached hydrogen (secondary N) is 1. The Kier molecular flexibility index (Phi) is 6.06. The van der Waals surface area contributed by atoms with Gasteiger partial charge in [-0.2, -0.15) is 0 Å². The molecule has 112 valence electrons. The maximum Gasteiger partial charge on any atom is 0.0317 e. The number of hydrogen-bond acceptors (Lipinski definition) is 2. The quantitative estimate of drug-likeness (QED) is 0.814. The highest BCUT2D eigenvalue weighted by atomic mass is 15.1. The normalized spacial score (nSPS) is 19.1. The average Bonchev–Trinajstić information content (AvgIpc) is 2.94. The van der Waals surface area contributed by atoms with Gasteiger partial charge in [-0.3, -0.25) is 0 Å². The molecule has 0 radical (unpaired) electrons. The molecular formula is C18H30N2. The van der Waals surface area contributed by atoms with E-state index < -0.39 is 0 Å². The SMILES string of the molecule is CCC(NCC(C)CN1CCCC1)c1ccc(C)cc1. The first-order valence-electron chi connectivity index (χ1n) is 8.21. The zero-order chi connectivity index (χ0) is 14.4. The Hall–Kier alpha value is -0.860. The van der Waals surface area contributed by atoms with Crippen LogP contribution in [0.15, 0.2) is 24.3 Å². The molecule has 0 saturated carbocycles. The van der Waals surface area contributed by atoms with E-state index in [1.807, 2.05) is 0 Å². The van der Waals surface area contributed by atoms with Gasteiger partial charge >= 0.3 is 0 Å². The van der Waals surface area contributed by atoms with Gasteiger partial charge in [-0.05, 0) is 57.3 Å². The van der Waals surface area contributed by atoms with E-state index in [9.17, 15) is 0 Å². The van der Waals surface area contributed by atoms with E-state index in [-0.39, 0.29) is 0 Å². The number of hydrogen-bond donors (Lipinski definition) is 1. The van der Waals surface area contributed by atoms with Crippen molar-refractivity contribution in [1.82, 2.24) is 10.2 Å². The van der Waals surface area contributed by atoms with Gasteiger partial charge in [0.25, 0.3) is 0 Å². The highest BCUT2D eigenvalue weighted by molar-refractivity contribution is 5.24. The molecule has 1 aromatic rings. The zero-order valence-corrected chi connectivity index (χ0v) is 13.4. The lowest BCUT2D eigenvalue weighted by atomic mass is 10.0. The van der Waals surface area contributed by atoms with Crippen LogP contribution in [0.3, 0.4) is 0 Å². The van der Waals surface area contributed by atoms with Crippen molar-refractivity contribution in [2.75, 3.05) is 26.2 Å². The molecule has 1 heterocycles. The van der Waals surface area contributed by atoms with E-state index in [2.05, 4.69) is 55.3 Å². The molecule has 1 fully saturated rings. The largest absolute Gasteiger partial charge is 0.310 e. The number of likely N-dealkylation sites (tertiary alicyclic amines) is 1. The zero-order valence-electron chi connectivity index (χ0n) is 13.4. The van der Waals surface area contributed by atoms with Gasteiger partial charge in [-0.25, -0.2) is 0 Å². The summed E-state index contributed by atoms with van der Waals surface area (Å²) in [7, 11) is 0. The fraction of sp³-hybridized carbons (Fsp3) is 0.667. The minimum atomic E-state index is 0.497. The van der Waals surface area contributed by atoms with Crippen molar-refractivity contribution < 1.29 is 0 Å². The molecule has 1 aliphatic rings. The van der Waals surface area contributed by atoms with Gasteiger partial charge in [-0.15, -0.1) is 0 Å². The van der Waals surface area contributed by atoms with Gasteiger partial charge < -0.3 is 10.2 Å². The summed E-state index contributed by atoms with van der Waals surface area (Å²) in [6, 6.07) is 9.46. The first kappa shape index (κ1) is 15.5. The van der Waals surface area contributed by atoms with Crippen LogP contribution in [0.5, 0.6) is 0 Å². The molecule has 2 heteroatoms. The molecule has 1 aromatic carbocycles. The lowest BCUT2D eigenvalue weighted by molar-refractivity contribution is 0.277. The van der Waals surface area contributed by atoms with Crippen LogP contribution in [-0.4, -0.2) is 31.1 Å². The highest BCUT2D eigenvalue weighted by Gasteiger charge is 2.16. The second-order valence-electron chi connectivity index (χ2n) is 6.39. The second-order valence-corrected chi connectivity index (χ2v) is 6.39. The topological polar surface area (TPSA) is 15.3 Å². The summed E-state index contributed by atoms with van der Waals surface area (Å²) in [4.78, 5) is 2.61. The summed E-state index contributed by atoms with van der Waals surface area (Å²) in [5.74, 6) is 0.729. The van der Waals surface area contributed by atoms with Crippen molar-refractivity contribution in [3.05, 3.63) is 35.4 Å². The monoisotopic (exact) mass is 274 g/mol. The van der Waals surface area contributed by atoms with E-state index in [0.717, 1.165) is 18.9 Å². The van der Waals surface area contributed by atoms with Crippen molar-refractivity contribution in [3.8, 4) is 0 Å². The molecule has 0 aromatic heterocycles. The van der Waals surface area contributed by atoms with Gasteiger partial charge in [0.1, 0.15) is 0 Å². The summed E-state index contributed by atoms with van der Waals surface area (Å²) in [5.41, 5.74) is 2.76. The van der Waals surface area contributed by atoms with E-state index in [0.29, 0.717) is 6.04 Å². The lowest BCUT2D eigenvalue weighted by Gasteiger charge is -2.24. The summed E-state index contributed by atoms with van der Waals surface area (Å²) in [5, 5.41) is 3.75. The third kappa shape index (κ3) is 4.60. The van der Waals surface area contributed by atoms with Crippen LogP contribution < -0.4 is 5.32 Å². The fourth-order valence-electron chi connectivity index (χ4n) is 3.11. The molecule has 2 atom stereocenters. The van der Waals surface area contributed by atoms with E-state index in [4.69, 9.17) is 0 Å². The van der Waals surface area contributed by atoms with Crippen molar-refractivity contribution in [2.24, 2.45) is 5.92 Å². The summed E-state index contributed by atoms with van der Waals surface area (Å²) in [6.45, 7) is 11.8. The maximum absolute atomic E-state index is 3.75. The number of benzene rings is 1. The van der Waals surface area contributed by atoms with Crippen LogP contribution in [0.1, 0.15) is 50.3 Å². The summed E-state index contributed by atoms with van der Waals surface area (Å²) in [6.07, 6.45) is 3.93. The highest BCUT2D eigenvalue weighted by Crippen LogP contribution is 2.18. The van der Waals surface area contributed by atoms with Crippen molar-refractivity contribution in [1.29, 1.82) is 0 Å². The molecule has 1 saturated heterocycles. The summed E-state index contributed by atoms with van der Waals surface area (Å²) < 4.78 is 0. The number of aryl methyl sites for hydroxylation is 1. The lowest BCUT2D eigenvalue weighted by Crippen LogP contribution is -2.33. The van der Waals surface area contributed by atoms with Crippen LogP contribution in [0.4, 0.5) is 0 Å². The van der Waals surface area contributed by atoms with Crippen LogP contribution in [0, 0.1) is 12.8 Å². The Morgan fingerprint density at radius 3 is 2.40 bits per heavy atom. The number of rotatable bonds is 7. The van der Waals surface area contributed by atoms with Crippen LogP contribution in [0.2, 0.25) is 0 Å². The van der Waals surface area contributed by atoms with Gasteiger partial charge in [0.2, 0.25) is 0 Å². The van der Waals surface area contributed by atoms with Gasteiger partial charge in [0.05, 0.1) is 0 Å². The standard InChI is InChI=1S/C18H30N2/c1-4-18(17-9-7-15(2)8-10-17)19-13-16(3)14-20-11-5-6-12-20/h7-10,16,18-19H,4-6,11-14H2,1-3H3. The first-order chi connectivity index (χ1) is 9.69. The molecule has 0 aliphatic carbocycles. The van der Waals surface area contributed by atoms with Crippen molar-refractivity contribution in [3.63, 3.8) is 0 Å². The minimum absolute atomic E-state index is 0.497. The molecule has 0 spiro atoms. The predicted molar refractivity (Wildman–Crippen MR) is 87.1 cm³/mol. The molecule has 2 nitrogen and oxygen atoms in total. The van der Waals surface area contributed by atoms with Crippen LogP contribution in [-0.2, 0) is 0 Å². The molecule has 0 bridgehead atoms. The Balaban J connectivity index is 1.79. The van der Waals surface area contributed by atoms with Gasteiger partial charge in [0.15, 0.2) is 0 Å². The molecule has 2 unspecified atom stereocenters. The Morgan fingerprint density at radius 2 is 1.80 bits per heavy atom. The molecule has 1 N–H and O–H groups in total. The van der Waals surface area contributed by atoms with Crippen LogP contribution >= 0.6 is 0 Å². The molecule has 1 aliphatic heterocycles. The molecule has 2 rings (SSSR count). The van der Waals surface area contributed by atoms with Crippen molar-refractivity contribution >= 4 is 0 Å². The Bertz CT molecular complexity index is 379. The number of nitrogens with zero attached hydrogens (tertiary/aromatic N) is 1.